The van der Waals surface area contributed by atoms with Gasteiger partial charge in [0.1, 0.15) is 6.04 Å². The molecular weight excluding hydrogens is 310 g/mol. The van der Waals surface area contributed by atoms with Crippen molar-refractivity contribution in [2.45, 2.75) is 45.2 Å². The molecule has 1 amide bonds. The number of anilines is 1. The number of rotatable bonds is 8. The molecule has 0 saturated carbocycles. The quantitative estimate of drug-likeness (QED) is 0.759. The lowest BCUT2D eigenvalue weighted by Crippen LogP contribution is -2.39. The Morgan fingerprint density at radius 3 is 2.40 bits per heavy atom. The molecule has 0 aliphatic heterocycles. The number of nitriles is 1. The Kier molecular flexibility index (Phi) is 7.03. The van der Waals surface area contributed by atoms with Crippen molar-refractivity contribution in [3.8, 4) is 6.07 Å². The molecule has 2 aromatic rings. The maximum atomic E-state index is 12.6. The standard InChI is InChI=1S/C21H25N3O/c1-3-7-20(18-8-5-4-6-9-18)24-21(25)16(2)23-19-12-10-17(11-13-19)14-15-22/h4-6,8-13,16,20,23H,3,7,14H2,1-2H3,(H,24,25). The molecule has 0 heterocycles. The smallest absolute Gasteiger partial charge is 0.242 e. The first-order valence-corrected chi connectivity index (χ1v) is 8.71. The Hall–Kier alpha value is -2.80. The minimum atomic E-state index is -0.343. The van der Waals surface area contributed by atoms with Crippen LogP contribution < -0.4 is 10.6 Å². The summed E-state index contributed by atoms with van der Waals surface area (Å²) in [7, 11) is 0. The van der Waals surface area contributed by atoms with Crippen LogP contribution in [0.25, 0.3) is 0 Å². The highest BCUT2D eigenvalue weighted by molar-refractivity contribution is 5.84. The maximum absolute atomic E-state index is 12.6. The largest absolute Gasteiger partial charge is 0.374 e. The van der Waals surface area contributed by atoms with Crippen LogP contribution in [0.3, 0.4) is 0 Å². The molecule has 4 nitrogen and oxygen atoms in total. The summed E-state index contributed by atoms with van der Waals surface area (Å²) in [6.45, 7) is 3.97. The van der Waals surface area contributed by atoms with E-state index in [1.165, 1.54) is 0 Å². The van der Waals surface area contributed by atoms with Gasteiger partial charge in [0, 0.05) is 5.69 Å². The zero-order valence-corrected chi connectivity index (χ0v) is 14.8. The third-order valence-corrected chi connectivity index (χ3v) is 4.11. The van der Waals surface area contributed by atoms with E-state index in [0.717, 1.165) is 29.7 Å². The summed E-state index contributed by atoms with van der Waals surface area (Å²) in [5.74, 6) is -0.0246. The van der Waals surface area contributed by atoms with Gasteiger partial charge in [0.25, 0.3) is 0 Å². The summed E-state index contributed by atoms with van der Waals surface area (Å²) in [6.07, 6.45) is 2.30. The van der Waals surface area contributed by atoms with Gasteiger partial charge in [-0.05, 0) is 36.6 Å². The van der Waals surface area contributed by atoms with E-state index in [0.29, 0.717) is 6.42 Å². The monoisotopic (exact) mass is 335 g/mol. The van der Waals surface area contributed by atoms with E-state index in [2.05, 4.69) is 23.6 Å². The second-order valence-electron chi connectivity index (χ2n) is 6.16. The Bertz CT molecular complexity index is 704. The molecule has 25 heavy (non-hydrogen) atoms. The minimum Gasteiger partial charge on any atom is -0.374 e. The summed E-state index contributed by atoms with van der Waals surface area (Å²) >= 11 is 0. The average molecular weight is 335 g/mol. The lowest BCUT2D eigenvalue weighted by Gasteiger charge is -2.22. The summed E-state index contributed by atoms with van der Waals surface area (Å²) < 4.78 is 0. The van der Waals surface area contributed by atoms with Crippen LogP contribution in [0, 0.1) is 11.3 Å². The molecule has 0 saturated heterocycles. The first-order chi connectivity index (χ1) is 12.1. The third-order valence-electron chi connectivity index (χ3n) is 4.11. The van der Waals surface area contributed by atoms with Crippen molar-refractivity contribution in [2.75, 3.05) is 5.32 Å². The van der Waals surface area contributed by atoms with E-state index in [1.54, 1.807) is 0 Å². The molecule has 0 bridgehead atoms. The van der Waals surface area contributed by atoms with Crippen LogP contribution in [0.4, 0.5) is 5.69 Å². The molecule has 0 aliphatic carbocycles. The van der Waals surface area contributed by atoms with Gasteiger partial charge in [-0.15, -0.1) is 0 Å². The van der Waals surface area contributed by atoms with Gasteiger partial charge in [0.15, 0.2) is 0 Å². The number of carbonyl (C=O) groups is 1. The van der Waals surface area contributed by atoms with E-state index >= 15 is 0 Å². The molecule has 2 unspecified atom stereocenters. The fourth-order valence-corrected chi connectivity index (χ4v) is 2.72. The van der Waals surface area contributed by atoms with Crippen molar-refractivity contribution >= 4 is 11.6 Å². The van der Waals surface area contributed by atoms with Crippen LogP contribution in [0.2, 0.25) is 0 Å². The molecule has 0 aliphatic rings. The highest BCUT2D eigenvalue weighted by Crippen LogP contribution is 2.19. The first kappa shape index (κ1) is 18.5. The number of hydrogen-bond acceptors (Lipinski definition) is 3. The molecule has 2 N–H and O–H groups in total. The number of hydrogen-bond donors (Lipinski definition) is 2. The van der Waals surface area contributed by atoms with E-state index in [4.69, 9.17) is 5.26 Å². The highest BCUT2D eigenvalue weighted by Gasteiger charge is 2.18. The Labute approximate surface area is 149 Å². The van der Waals surface area contributed by atoms with Crippen molar-refractivity contribution in [3.63, 3.8) is 0 Å². The van der Waals surface area contributed by atoms with Gasteiger partial charge in [-0.3, -0.25) is 4.79 Å². The van der Waals surface area contributed by atoms with Crippen LogP contribution in [0.5, 0.6) is 0 Å². The van der Waals surface area contributed by atoms with Gasteiger partial charge >= 0.3 is 0 Å². The van der Waals surface area contributed by atoms with Crippen molar-refractivity contribution in [1.29, 1.82) is 5.26 Å². The SMILES string of the molecule is CCCC(NC(=O)C(C)Nc1ccc(CC#N)cc1)c1ccccc1. The summed E-state index contributed by atoms with van der Waals surface area (Å²) in [5.41, 5.74) is 2.97. The highest BCUT2D eigenvalue weighted by atomic mass is 16.2. The van der Waals surface area contributed by atoms with Gasteiger partial charge < -0.3 is 10.6 Å². The van der Waals surface area contributed by atoms with E-state index in [1.807, 2.05) is 61.5 Å². The number of nitrogens with zero attached hydrogens (tertiary/aromatic N) is 1. The topological polar surface area (TPSA) is 64.9 Å². The Balaban J connectivity index is 1.97. The molecular formula is C21H25N3O. The predicted octanol–water partition coefficient (Wildman–Crippen LogP) is 4.21. The molecule has 0 aromatic heterocycles. The maximum Gasteiger partial charge on any atom is 0.242 e. The molecule has 0 fully saturated rings. The Morgan fingerprint density at radius 2 is 1.80 bits per heavy atom. The van der Waals surface area contributed by atoms with Gasteiger partial charge in [0.05, 0.1) is 18.5 Å². The number of amides is 1. The third kappa shape index (κ3) is 5.65. The fraction of sp³-hybridized carbons (Fsp3) is 0.333. The van der Waals surface area contributed by atoms with Crippen LogP contribution in [0.1, 0.15) is 43.9 Å². The normalized spacial score (nSPS) is 12.7. The fourth-order valence-electron chi connectivity index (χ4n) is 2.72. The van der Waals surface area contributed by atoms with Crippen molar-refractivity contribution in [2.24, 2.45) is 0 Å². The molecule has 2 aromatic carbocycles. The molecule has 130 valence electrons. The molecule has 0 spiro atoms. The first-order valence-electron chi connectivity index (χ1n) is 8.71. The second-order valence-corrected chi connectivity index (χ2v) is 6.16. The number of nitrogens with one attached hydrogen (secondary N) is 2. The number of carbonyl (C=O) groups excluding carboxylic acids is 1. The van der Waals surface area contributed by atoms with E-state index in [-0.39, 0.29) is 18.0 Å². The zero-order chi connectivity index (χ0) is 18.1. The van der Waals surface area contributed by atoms with Gasteiger partial charge in [-0.2, -0.15) is 5.26 Å². The summed E-state index contributed by atoms with van der Waals surface area (Å²) in [5, 5.41) is 15.1. The van der Waals surface area contributed by atoms with E-state index in [9.17, 15) is 4.79 Å². The molecule has 2 atom stereocenters. The Morgan fingerprint density at radius 1 is 1.12 bits per heavy atom. The van der Waals surface area contributed by atoms with Gasteiger partial charge in [0.2, 0.25) is 5.91 Å². The predicted molar refractivity (Wildman–Crippen MR) is 101 cm³/mol. The van der Waals surface area contributed by atoms with Crippen molar-refractivity contribution < 1.29 is 4.79 Å². The van der Waals surface area contributed by atoms with Crippen LogP contribution in [0.15, 0.2) is 54.6 Å². The molecule has 4 heteroatoms. The minimum absolute atomic E-state index is 0.0246. The molecule has 2 rings (SSSR count). The van der Waals surface area contributed by atoms with E-state index < -0.39 is 0 Å². The van der Waals surface area contributed by atoms with Crippen LogP contribution in [-0.2, 0) is 11.2 Å². The molecule has 0 radical (unpaired) electrons. The van der Waals surface area contributed by atoms with Gasteiger partial charge in [-0.1, -0.05) is 55.8 Å². The van der Waals surface area contributed by atoms with Crippen LogP contribution >= 0.6 is 0 Å². The van der Waals surface area contributed by atoms with Gasteiger partial charge in [-0.25, -0.2) is 0 Å². The van der Waals surface area contributed by atoms with Crippen molar-refractivity contribution in [3.05, 3.63) is 65.7 Å². The van der Waals surface area contributed by atoms with Crippen molar-refractivity contribution in [1.82, 2.24) is 5.32 Å². The zero-order valence-electron chi connectivity index (χ0n) is 14.8. The average Bonchev–Trinajstić information content (AvgIpc) is 2.64. The number of benzene rings is 2. The summed E-state index contributed by atoms with van der Waals surface area (Å²) in [4.78, 5) is 12.6. The lowest BCUT2D eigenvalue weighted by molar-refractivity contribution is -0.122. The summed E-state index contributed by atoms with van der Waals surface area (Å²) in [6, 6.07) is 19.5. The van der Waals surface area contributed by atoms with Crippen LogP contribution in [-0.4, -0.2) is 11.9 Å². The lowest BCUT2D eigenvalue weighted by atomic mass is 10.0. The second kappa shape index (κ2) is 9.48.